The van der Waals surface area contributed by atoms with Crippen LogP contribution in [0.15, 0.2) is 36.7 Å². The first-order valence-electron chi connectivity index (χ1n) is 8.27. The van der Waals surface area contributed by atoms with E-state index < -0.39 is 0 Å². The highest BCUT2D eigenvalue weighted by atomic mass is 16.5. The van der Waals surface area contributed by atoms with E-state index in [2.05, 4.69) is 15.7 Å². The minimum atomic E-state index is -0.0421. The summed E-state index contributed by atoms with van der Waals surface area (Å²) in [6, 6.07) is 7.94. The summed E-state index contributed by atoms with van der Waals surface area (Å²) in [5, 5.41) is 10.6. The van der Waals surface area contributed by atoms with Gasteiger partial charge in [0.2, 0.25) is 5.91 Å². The van der Waals surface area contributed by atoms with Gasteiger partial charge in [0, 0.05) is 38.8 Å². The molecule has 1 aromatic heterocycles. The average molecular weight is 328 g/mol. The largest absolute Gasteiger partial charge is 0.497 e. The van der Waals surface area contributed by atoms with Gasteiger partial charge in [0.15, 0.2) is 0 Å². The topological polar surface area (TPSA) is 68.2 Å². The molecule has 0 unspecified atom stereocenters. The molecule has 1 aliphatic rings. The van der Waals surface area contributed by atoms with Gasteiger partial charge in [0.05, 0.1) is 19.2 Å². The molecule has 0 spiro atoms. The lowest BCUT2D eigenvalue weighted by Crippen LogP contribution is -2.35. The molecule has 0 aliphatic carbocycles. The monoisotopic (exact) mass is 328 g/mol. The summed E-state index contributed by atoms with van der Waals surface area (Å²) in [7, 11) is 3.56. The van der Waals surface area contributed by atoms with E-state index in [-0.39, 0.29) is 17.7 Å². The van der Waals surface area contributed by atoms with Crippen molar-refractivity contribution in [2.75, 3.05) is 26.7 Å². The molecule has 1 aromatic carbocycles. The van der Waals surface area contributed by atoms with Crippen molar-refractivity contribution >= 4 is 5.91 Å². The first-order valence-corrected chi connectivity index (χ1v) is 8.27. The zero-order valence-corrected chi connectivity index (χ0v) is 14.2. The predicted octanol–water partition coefficient (Wildman–Crippen LogP) is 1.09. The van der Waals surface area contributed by atoms with Gasteiger partial charge >= 0.3 is 0 Å². The Bertz CT molecular complexity index is 698. The fraction of sp³-hybridized carbons (Fsp3) is 0.444. The van der Waals surface area contributed by atoms with Gasteiger partial charge in [-0.1, -0.05) is 12.1 Å². The van der Waals surface area contributed by atoms with Crippen molar-refractivity contribution in [3.8, 4) is 5.75 Å². The standard InChI is InChI=1S/C18H24N4O2/c1-22-12-14(9-21-22)16-10-19-11-17(16)18(23)20-7-6-13-4-3-5-15(8-13)24-2/h3-5,8-9,12,16-17,19H,6-7,10-11H2,1-2H3,(H,20,23)/t16-,17+/m1/s1. The molecule has 2 N–H and O–H groups in total. The minimum Gasteiger partial charge on any atom is -0.497 e. The van der Waals surface area contributed by atoms with Crippen LogP contribution in [0.4, 0.5) is 0 Å². The Hall–Kier alpha value is -2.34. The van der Waals surface area contributed by atoms with Gasteiger partial charge < -0.3 is 15.4 Å². The molecule has 1 saturated heterocycles. The van der Waals surface area contributed by atoms with E-state index in [9.17, 15) is 4.79 Å². The molecule has 128 valence electrons. The van der Waals surface area contributed by atoms with E-state index >= 15 is 0 Å². The Kier molecular flexibility index (Phi) is 5.15. The van der Waals surface area contributed by atoms with Gasteiger partial charge in [-0.25, -0.2) is 0 Å². The summed E-state index contributed by atoms with van der Waals surface area (Å²) in [4.78, 5) is 12.5. The fourth-order valence-electron chi connectivity index (χ4n) is 3.23. The van der Waals surface area contributed by atoms with Crippen molar-refractivity contribution in [1.29, 1.82) is 0 Å². The van der Waals surface area contributed by atoms with E-state index in [4.69, 9.17) is 4.74 Å². The van der Waals surface area contributed by atoms with Crippen molar-refractivity contribution in [2.24, 2.45) is 13.0 Å². The lowest BCUT2D eigenvalue weighted by molar-refractivity contribution is -0.124. The number of hydrogen-bond acceptors (Lipinski definition) is 4. The Labute approximate surface area is 142 Å². The van der Waals surface area contributed by atoms with Crippen LogP contribution >= 0.6 is 0 Å². The number of benzene rings is 1. The number of aromatic nitrogens is 2. The van der Waals surface area contributed by atoms with Crippen LogP contribution in [-0.2, 0) is 18.3 Å². The van der Waals surface area contributed by atoms with Crippen molar-refractivity contribution in [3.05, 3.63) is 47.8 Å². The molecule has 2 aromatic rings. The number of ether oxygens (including phenoxy) is 1. The summed E-state index contributed by atoms with van der Waals surface area (Å²) in [6.07, 6.45) is 4.64. The maximum absolute atomic E-state index is 12.5. The summed E-state index contributed by atoms with van der Waals surface area (Å²) in [5.74, 6) is 1.10. The third kappa shape index (κ3) is 3.76. The lowest BCUT2D eigenvalue weighted by Gasteiger charge is -2.17. The molecule has 1 aliphatic heterocycles. The zero-order valence-electron chi connectivity index (χ0n) is 14.2. The Balaban J connectivity index is 1.54. The molecule has 1 fully saturated rings. The summed E-state index contributed by atoms with van der Waals surface area (Å²) in [6.45, 7) is 2.16. The second-order valence-electron chi connectivity index (χ2n) is 6.21. The molecule has 2 atom stereocenters. The number of methoxy groups -OCH3 is 1. The summed E-state index contributed by atoms with van der Waals surface area (Å²) < 4.78 is 7.01. The highest BCUT2D eigenvalue weighted by molar-refractivity contribution is 5.80. The van der Waals surface area contributed by atoms with Crippen molar-refractivity contribution in [2.45, 2.75) is 12.3 Å². The van der Waals surface area contributed by atoms with Gasteiger partial charge in [0.1, 0.15) is 5.75 Å². The van der Waals surface area contributed by atoms with Crippen LogP contribution in [0.3, 0.4) is 0 Å². The highest BCUT2D eigenvalue weighted by Crippen LogP contribution is 2.27. The minimum absolute atomic E-state index is 0.0421. The van der Waals surface area contributed by atoms with Crippen LogP contribution in [0.1, 0.15) is 17.0 Å². The van der Waals surface area contributed by atoms with E-state index in [0.717, 1.165) is 29.8 Å². The first kappa shape index (κ1) is 16.5. The summed E-state index contributed by atoms with van der Waals surface area (Å²) in [5.41, 5.74) is 2.28. The van der Waals surface area contributed by atoms with Crippen LogP contribution < -0.4 is 15.4 Å². The maximum atomic E-state index is 12.5. The van der Waals surface area contributed by atoms with Gasteiger partial charge in [-0.05, 0) is 29.7 Å². The normalized spacial score (nSPS) is 20.1. The van der Waals surface area contributed by atoms with E-state index in [1.807, 2.05) is 43.7 Å². The number of amides is 1. The number of aryl methyl sites for hydroxylation is 1. The van der Waals surface area contributed by atoms with Crippen molar-refractivity contribution in [1.82, 2.24) is 20.4 Å². The van der Waals surface area contributed by atoms with Gasteiger partial charge in [0.25, 0.3) is 0 Å². The first-order chi connectivity index (χ1) is 11.7. The predicted molar refractivity (Wildman–Crippen MR) is 92.0 cm³/mol. The molecular weight excluding hydrogens is 304 g/mol. The fourth-order valence-corrected chi connectivity index (χ4v) is 3.23. The SMILES string of the molecule is COc1cccc(CCNC(=O)[C@H]2CNC[C@@H]2c2cnn(C)c2)c1. The van der Waals surface area contributed by atoms with Gasteiger partial charge in [-0.2, -0.15) is 5.10 Å². The average Bonchev–Trinajstić information content (AvgIpc) is 3.23. The number of carbonyl (C=O) groups is 1. The third-order valence-electron chi connectivity index (χ3n) is 4.55. The second-order valence-corrected chi connectivity index (χ2v) is 6.21. The number of nitrogens with zero attached hydrogens (tertiary/aromatic N) is 2. The molecule has 24 heavy (non-hydrogen) atoms. The van der Waals surface area contributed by atoms with Crippen LogP contribution in [0.5, 0.6) is 5.75 Å². The zero-order chi connectivity index (χ0) is 16.9. The molecule has 6 heteroatoms. The highest BCUT2D eigenvalue weighted by Gasteiger charge is 2.34. The van der Waals surface area contributed by atoms with E-state index in [1.54, 1.807) is 11.8 Å². The molecule has 1 amide bonds. The number of rotatable bonds is 6. The molecular formula is C18H24N4O2. The van der Waals surface area contributed by atoms with Crippen LogP contribution in [0.25, 0.3) is 0 Å². The molecule has 0 bridgehead atoms. The number of nitrogens with one attached hydrogen (secondary N) is 2. The Morgan fingerprint density at radius 2 is 2.33 bits per heavy atom. The van der Waals surface area contributed by atoms with Crippen LogP contribution in [-0.4, -0.2) is 42.4 Å². The lowest BCUT2D eigenvalue weighted by atomic mass is 9.90. The third-order valence-corrected chi connectivity index (χ3v) is 4.55. The van der Waals surface area contributed by atoms with Gasteiger partial charge in [-0.15, -0.1) is 0 Å². The van der Waals surface area contributed by atoms with Crippen molar-refractivity contribution < 1.29 is 9.53 Å². The van der Waals surface area contributed by atoms with Gasteiger partial charge in [-0.3, -0.25) is 9.48 Å². The smallest absolute Gasteiger partial charge is 0.225 e. The molecule has 0 saturated carbocycles. The molecule has 2 heterocycles. The van der Waals surface area contributed by atoms with Crippen LogP contribution in [0.2, 0.25) is 0 Å². The van der Waals surface area contributed by atoms with Crippen molar-refractivity contribution in [3.63, 3.8) is 0 Å². The second kappa shape index (κ2) is 7.49. The molecule has 3 rings (SSSR count). The number of hydrogen-bond donors (Lipinski definition) is 2. The molecule has 6 nitrogen and oxygen atoms in total. The quantitative estimate of drug-likeness (QED) is 0.833. The van der Waals surface area contributed by atoms with E-state index in [0.29, 0.717) is 13.1 Å². The summed E-state index contributed by atoms with van der Waals surface area (Å²) >= 11 is 0. The van der Waals surface area contributed by atoms with E-state index in [1.165, 1.54) is 0 Å². The van der Waals surface area contributed by atoms with Crippen LogP contribution in [0, 0.1) is 5.92 Å². The Morgan fingerprint density at radius 1 is 1.46 bits per heavy atom. The molecule has 0 radical (unpaired) electrons. The maximum Gasteiger partial charge on any atom is 0.225 e. The Morgan fingerprint density at radius 3 is 3.08 bits per heavy atom. The number of carbonyl (C=O) groups excluding carboxylic acids is 1.